The summed E-state index contributed by atoms with van der Waals surface area (Å²) in [7, 11) is 1.55. The molecule has 2 aromatic rings. The maximum absolute atomic E-state index is 13.9. The van der Waals surface area contributed by atoms with E-state index in [1.165, 1.54) is 12.3 Å². The quantitative estimate of drug-likeness (QED) is 0.816. The van der Waals surface area contributed by atoms with Crippen LogP contribution < -0.4 is 10.6 Å². The molecular weight excluding hydrogens is 360 g/mol. The number of halogens is 2. The van der Waals surface area contributed by atoms with Crippen LogP contribution in [0.4, 0.5) is 15.9 Å². The molecule has 0 atom stereocenters. The lowest BCUT2D eigenvalue weighted by Gasteiger charge is -2.09. The highest BCUT2D eigenvalue weighted by Crippen LogP contribution is 2.20. The molecular formula is C13H11FIN3O. The van der Waals surface area contributed by atoms with Gasteiger partial charge in [0, 0.05) is 16.8 Å². The molecule has 98 valence electrons. The monoisotopic (exact) mass is 371 g/mol. The number of benzene rings is 1. The van der Waals surface area contributed by atoms with E-state index in [9.17, 15) is 9.18 Å². The normalized spacial score (nSPS) is 10.1. The molecule has 1 amide bonds. The van der Waals surface area contributed by atoms with Crippen molar-refractivity contribution in [3.63, 3.8) is 0 Å². The topological polar surface area (TPSA) is 54.0 Å². The summed E-state index contributed by atoms with van der Waals surface area (Å²) >= 11 is 2.10. The van der Waals surface area contributed by atoms with Crippen molar-refractivity contribution in [3.05, 3.63) is 51.5 Å². The molecule has 2 rings (SSSR count). The van der Waals surface area contributed by atoms with Gasteiger partial charge in [-0.25, -0.2) is 9.37 Å². The number of nitrogens with zero attached hydrogens (tertiary/aromatic N) is 1. The number of rotatable bonds is 3. The third-order valence-electron chi connectivity index (χ3n) is 2.49. The highest BCUT2D eigenvalue weighted by atomic mass is 127. The molecule has 0 saturated heterocycles. The number of para-hydroxylation sites is 1. The Bertz CT molecular complexity index is 619. The van der Waals surface area contributed by atoms with Crippen LogP contribution in [0.1, 0.15) is 10.4 Å². The number of carbonyl (C=O) groups excluding carboxylic acids is 1. The summed E-state index contributed by atoms with van der Waals surface area (Å²) in [5.74, 6) is -1.11. The van der Waals surface area contributed by atoms with Crippen molar-refractivity contribution >= 4 is 40.0 Å². The molecule has 0 aliphatic heterocycles. The average Bonchev–Trinajstić information content (AvgIpc) is 2.41. The van der Waals surface area contributed by atoms with Crippen molar-refractivity contribution in [1.82, 2.24) is 4.98 Å². The van der Waals surface area contributed by atoms with Crippen LogP contribution in [-0.2, 0) is 0 Å². The van der Waals surface area contributed by atoms with E-state index in [0.717, 1.165) is 3.57 Å². The van der Waals surface area contributed by atoms with Crippen molar-refractivity contribution in [1.29, 1.82) is 0 Å². The second-order valence-corrected chi connectivity index (χ2v) is 4.87. The first-order chi connectivity index (χ1) is 9.13. The van der Waals surface area contributed by atoms with Crippen LogP contribution in [-0.4, -0.2) is 17.9 Å². The number of amides is 1. The summed E-state index contributed by atoms with van der Waals surface area (Å²) in [5.41, 5.74) is 0.606. The number of nitrogens with one attached hydrogen (secondary N) is 2. The van der Waals surface area contributed by atoms with Gasteiger partial charge in [-0.1, -0.05) is 12.1 Å². The molecule has 0 fully saturated rings. The van der Waals surface area contributed by atoms with Crippen molar-refractivity contribution in [2.24, 2.45) is 0 Å². The number of anilines is 2. The minimum Gasteiger partial charge on any atom is -0.371 e. The van der Waals surface area contributed by atoms with Crippen LogP contribution in [0.15, 0.2) is 36.5 Å². The molecule has 1 aromatic heterocycles. The van der Waals surface area contributed by atoms with Gasteiger partial charge >= 0.3 is 0 Å². The van der Waals surface area contributed by atoms with Crippen LogP contribution in [0, 0.1) is 9.39 Å². The van der Waals surface area contributed by atoms with Gasteiger partial charge in [-0.05, 0) is 40.8 Å². The van der Waals surface area contributed by atoms with Gasteiger partial charge in [-0.2, -0.15) is 0 Å². The van der Waals surface area contributed by atoms with Crippen LogP contribution in [0.5, 0.6) is 0 Å². The Morgan fingerprint density at radius 2 is 2.05 bits per heavy atom. The molecule has 0 bridgehead atoms. The molecule has 4 nitrogen and oxygen atoms in total. The first-order valence-electron chi connectivity index (χ1n) is 5.51. The summed E-state index contributed by atoms with van der Waals surface area (Å²) in [6.07, 6.45) is 1.39. The van der Waals surface area contributed by atoms with E-state index in [1.54, 1.807) is 19.2 Å². The molecule has 0 aliphatic rings. The van der Waals surface area contributed by atoms with Crippen LogP contribution in [0.25, 0.3) is 0 Å². The molecule has 0 unspecified atom stereocenters. The standard InChI is InChI=1S/C13H11FIN3O/c1-16-12-11(14)8(6-7-17-12)13(19)18-10-5-3-2-4-9(10)15/h2-7H,1H3,(H,16,17)(H,18,19). The molecule has 0 aliphatic carbocycles. The Kier molecular flexibility index (Phi) is 4.31. The van der Waals surface area contributed by atoms with E-state index in [1.807, 2.05) is 12.1 Å². The van der Waals surface area contributed by atoms with Gasteiger partial charge in [0.1, 0.15) is 0 Å². The molecule has 0 saturated carbocycles. The number of aromatic nitrogens is 1. The molecule has 6 heteroatoms. The highest BCUT2D eigenvalue weighted by Gasteiger charge is 2.16. The second kappa shape index (κ2) is 5.96. The number of carbonyl (C=O) groups is 1. The van der Waals surface area contributed by atoms with Gasteiger partial charge < -0.3 is 10.6 Å². The minimum absolute atomic E-state index is 0.0426. The molecule has 1 aromatic carbocycles. The first-order valence-corrected chi connectivity index (χ1v) is 6.59. The summed E-state index contributed by atoms with van der Waals surface area (Å²) < 4.78 is 14.8. The summed E-state index contributed by atoms with van der Waals surface area (Å²) in [4.78, 5) is 15.8. The van der Waals surface area contributed by atoms with Gasteiger partial charge in [0.2, 0.25) is 0 Å². The number of hydrogen-bond donors (Lipinski definition) is 2. The van der Waals surface area contributed by atoms with Gasteiger partial charge in [0.15, 0.2) is 11.6 Å². The van der Waals surface area contributed by atoms with Crippen molar-refractivity contribution in [2.45, 2.75) is 0 Å². The lowest BCUT2D eigenvalue weighted by Crippen LogP contribution is -2.15. The zero-order valence-electron chi connectivity index (χ0n) is 10.1. The predicted octanol–water partition coefficient (Wildman–Crippen LogP) is 3.12. The summed E-state index contributed by atoms with van der Waals surface area (Å²) in [6.45, 7) is 0. The Morgan fingerprint density at radius 1 is 1.32 bits per heavy atom. The molecule has 2 N–H and O–H groups in total. The maximum atomic E-state index is 13.9. The number of pyridine rings is 1. The average molecular weight is 371 g/mol. The highest BCUT2D eigenvalue weighted by molar-refractivity contribution is 14.1. The van der Waals surface area contributed by atoms with Gasteiger partial charge in [0.05, 0.1) is 11.3 Å². The van der Waals surface area contributed by atoms with Gasteiger partial charge in [-0.15, -0.1) is 0 Å². The van der Waals surface area contributed by atoms with Gasteiger partial charge in [0.25, 0.3) is 5.91 Å². The van der Waals surface area contributed by atoms with Crippen LogP contribution in [0.2, 0.25) is 0 Å². The van der Waals surface area contributed by atoms with Crippen LogP contribution in [0.3, 0.4) is 0 Å². The lowest BCUT2D eigenvalue weighted by molar-refractivity contribution is 0.102. The zero-order chi connectivity index (χ0) is 13.8. The van der Waals surface area contributed by atoms with Crippen molar-refractivity contribution in [3.8, 4) is 0 Å². The number of hydrogen-bond acceptors (Lipinski definition) is 3. The summed E-state index contributed by atoms with van der Waals surface area (Å²) in [5, 5.41) is 5.27. The fraction of sp³-hybridized carbons (Fsp3) is 0.0769. The van der Waals surface area contributed by atoms with Crippen molar-refractivity contribution in [2.75, 3.05) is 17.7 Å². The predicted molar refractivity (Wildman–Crippen MR) is 80.9 cm³/mol. The second-order valence-electron chi connectivity index (χ2n) is 3.71. The lowest BCUT2D eigenvalue weighted by atomic mass is 10.2. The van der Waals surface area contributed by atoms with E-state index < -0.39 is 11.7 Å². The first kappa shape index (κ1) is 13.7. The Hall–Kier alpha value is -1.70. The Balaban J connectivity index is 2.28. The van der Waals surface area contributed by atoms with Crippen LogP contribution >= 0.6 is 22.6 Å². The minimum atomic E-state index is -0.659. The molecule has 19 heavy (non-hydrogen) atoms. The molecule has 1 heterocycles. The van der Waals surface area contributed by atoms with E-state index >= 15 is 0 Å². The smallest absolute Gasteiger partial charge is 0.258 e. The molecule has 0 spiro atoms. The van der Waals surface area contributed by atoms with E-state index in [0.29, 0.717) is 5.69 Å². The fourth-order valence-electron chi connectivity index (χ4n) is 1.55. The van der Waals surface area contributed by atoms with E-state index in [2.05, 4.69) is 38.2 Å². The van der Waals surface area contributed by atoms with E-state index in [-0.39, 0.29) is 11.4 Å². The SMILES string of the molecule is CNc1nccc(C(=O)Nc2ccccc2I)c1F. The molecule has 0 radical (unpaired) electrons. The van der Waals surface area contributed by atoms with Crippen molar-refractivity contribution < 1.29 is 9.18 Å². The third kappa shape index (κ3) is 3.01. The summed E-state index contributed by atoms with van der Waals surface area (Å²) in [6, 6.07) is 8.64. The van der Waals surface area contributed by atoms with Gasteiger partial charge in [-0.3, -0.25) is 4.79 Å². The zero-order valence-corrected chi connectivity index (χ0v) is 12.2. The van der Waals surface area contributed by atoms with E-state index in [4.69, 9.17) is 0 Å². The Morgan fingerprint density at radius 3 is 2.74 bits per heavy atom. The third-order valence-corrected chi connectivity index (χ3v) is 3.43. The Labute approximate surface area is 123 Å². The maximum Gasteiger partial charge on any atom is 0.258 e. The fourth-order valence-corrected chi connectivity index (χ4v) is 2.07. The largest absolute Gasteiger partial charge is 0.371 e.